The van der Waals surface area contributed by atoms with E-state index in [2.05, 4.69) is 16.3 Å². The highest BCUT2D eigenvalue weighted by molar-refractivity contribution is 5.80. The van der Waals surface area contributed by atoms with E-state index in [9.17, 15) is 4.79 Å². The molecule has 0 spiro atoms. The number of nitrogens with zero attached hydrogens (tertiary/aromatic N) is 4. The van der Waals surface area contributed by atoms with E-state index in [0.717, 1.165) is 48.6 Å². The minimum absolute atomic E-state index is 0.103. The first-order valence-electron chi connectivity index (χ1n) is 9.59. The summed E-state index contributed by atoms with van der Waals surface area (Å²) in [6.07, 6.45) is 4.77. The summed E-state index contributed by atoms with van der Waals surface area (Å²) in [6, 6.07) is 13.9. The van der Waals surface area contributed by atoms with Gasteiger partial charge in [0.25, 0.3) is 0 Å². The molecule has 0 saturated carbocycles. The Kier molecular flexibility index (Phi) is 4.03. The number of piperidine rings is 1. The topological polar surface area (TPSA) is 59.7 Å². The number of ether oxygens (including phenoxy) is 1. The number of benzene rings is 1. The number of carbonyl (C=O) groups excluding carboxylic acids is 1. The molecule has 0 radical (unpaired) electrons. The van der Waals surface area contributed by atoms with Crippen LogP contribution >= 0.6 is 0 Å². The Morgan fingerprint density at radius 1 is 1.11 bits per heavy atom. The van der Waals surface area contributed by atoms with Crippen molar-refractivity contribution < 1.29 is 9.53 Å². The maximum atomic E-state index is 13.1. The summed E-state index contributed by atoms with van der Waals surface area (Å²) < 4.78 is 7.87. The van der Waals surface area contributed by atoms with Crippen molar-refractivity contribution in [3.63, 3.8) is 0 Å². The van der Waals surface area contributed by atoms with Crippen LogP contribution in [0.25, 0.3) is 5.65 Å². The molecule has 2 aliphatic rings. The van der Waals surface area contributed by atoms with Gasteiger partial charge in [0.15, 0.2) is 5.65 Å². The Morgan fingerprint density at radius 2 is 2.00 bits per heavy atom. The molecule has 2 aliphatic heterocycles. The zero-order chi connectivity index (χ0) is 18.2. The van der Waals surface area contributed by atoms with Crippen molar-refractivity contribution in [2.45, 2.75) is 25.2 Å². The summed E-state index contributed by atoms with van der Waals surface area (Å²) in [6.45, 7) is 1.97. The Balaban J connectivity index is 1.33. The number of aromatic nitrogens is 3. The van der Waals surface area contributed by atoms with E-state index in [0.29, 0.717) is 13.2 Å². The largest absolute Gasteiger partial charge is 0.492 e. The van der Waals surface area contributed by atoms with E-state index >= 15 is 0 Å². The van der Waals surface area contributed by atoms with Crippen molar-refractivity contribution >= 4 is 11.6 Å². The van der Waals surface area contributed by atoms with Crippen LogP contribution in [0.1, 0.15) is 30.1 Å². The van der Waals surface area contributed by atoms with Gasteiger partial charge in [-0.15, -0.1) is 10.2 Å². The molecule has 2 atom stereocenters. The average molecular weight is 362 g/mol. The van der Waals surface area contributed by atoms with Crippen molar-refractivity contribution in [2.24, 2.45) is 5.92 Å². The van der Waals surface area contributed by atoms with Gasteiger partial charge < -0.3 is 9.64 Å². The SMILES string of the molecule is O=C(C1COc2ccccc2C1)N1CCCC(c2nnc3ccccn23)C1. The third-order valence-electron chi connectivity index (χ3n) is 5.67. The summed E-state index contributed by atoms with van der Waals surface area (Å²) >= 11 is 0. The molecule has 2 unspecified atom stereocenters. The molecular formula is C21H22N4O2. The standard InChI is InChI=1S/C21H22N4O2/c26-21(17-12-15-6-1-2-8-18(15)27-14-17)24-10-5-7-16(13-24)20-23-22-19-9-3-4-11-25(19)20/h1-4,6,8-9,11,16-17H,5,7,10,12-14H2. The second kappa shape index (κ2) is 6.68. The third-order valence-corrected chi connectivity index (χ3v) is 5.67. The molecule has 6 heteroatoms. The molecule has 0 N–H and O–H groups in total. The van der Waals surface area contributed by atoms with E-state index in [4.69, 9.17) is 4.74 Å². The smallest absolute Gasteiger partial charge is 0.229 e. The zero-order valence-electron chi connectivity index (χ0n) is 15.1. The second-order valence-corrected chi connectivity index (χ2v) is 7.43. The molecule has 1 saturated heterocycles. The summed E-state index contributed by atoms with van der Waals surface area (Å²) in [5.74, 6) is 2.18. The molecule has 1 fully saturated rings. The Hall–Kier alpha value is -2.89. The molecular weight excluding hydrogens is 340 g/mol. The van der Waals surface area contributed by atoms with Gasteiger partial charge in [-0.05, 0) is 43.0 Å². The lowest BCUT2D eigenvalue weighted by atomic mass is 9.92. The molecule has 0 bridgehead atoms. The highest BCUT2D eigenvalue weighted by Gasteiger charge is 2.33. The molecule has 3 aromatic rings. The number of pyridine rings is 1. The van der Waals surface area contributed by atoms with Crippen LogP contribution in [-0.2, 0) is 11.2 Å². The number of carbonyl (C=O) groups is 1. The maximum Gasteiger partial charge on any atom is 0.229 e. The van der Waals surface area contributed by atoms with Crippen molar-refractivity contribution in [3.8, 4) is 5.75 Å². The number of hydrogen-bond donors (Lipinski definition) is 0. The predicted molar refractivity (Wildman–Crippen MR) is 101 cm³/mol. The van der Waals surface area contributed by atoms with Gasteiger partial charge in [0.05, 0.1) is 5.92 Å². The maximum absolute atomic E-state index is 13.1. The lowest BCUT2D eigenvalue weighted by Crippen LogP contribution is -2.45. The third kappa shape index (κ3) is 2.95. The molecule has 5 rings (SSSR count). The molecule has 4 heterocycles. The van der Waals surface area contributed by atoms with Crippen LogP contribution in [0.2, 0.25) is 0 Å². The van der Waals surface area contributed by atoms with Crippen molar-refractivity contribution in [3.05, 3.63) is 60.0 Å². The summed E-state index contributed by atoms with van der Waals surface area (Å²) in [7, 11) is 0. The van der Waals surface area contributed by atoms with Crippen LogP contribution in [0.4, 0.5) is 0 Å². The number of para-hydroxylation sites is 1. The monoisotopic (exact) mass is 362 g/mol. The van der Waals surface area contributed by atoms with Gasteiger partial charge in [0, 0.05) is 25.2 Å². The Bertz CT molecular complexity index is 983. The highest BCUT2D eigenvalue weighted by Crippen LogP contribution is 2.31. The van der Waals surface area contributed by atoms with Crippen LogP contribution in [0.5, 0.6) is 5.75 Å². The molecule has 0 aliphatic carbocycles. The van der Waals surface area contributed by atoms with Crippen LogP contribution in [-0.4, -0.2) is 45.1 Å². The first kappa shape index (κ1) is 16.3. The summed E-state index contributed by atoms with van der Waals surface area (Å²) in [5, 5.41) is 8.67. The average Bonchev–Trinajstić information content (AvgIpc) is 3.17. The van der Waals surface area contributed by atoms with Gasteiger partial charge in [0.2, 0.25) is 5.91 Å². The Morgan fingerprint density at radius 3 is 2.96 bits per heavy atom. The highest BCUT2D eigenvalue weighted by atomic mass is 16.5. The van der Waals surface area contributed by atoms with Crippen LogP contribution < -0.4 is 4.74 Å². The van der Waals surface area contributed by atoms with Crippen LogP contribution in [0, 0.1) is 5.92 Å². The molecule has 6 nitrogen and oxygen atoms in total. The first-order chi connectivity index (χ1) is 13.3. The second-order valence-electron chi connectivity index (χ2n) is 7.43. The van der Waals surface area contributed by atoms with Gasteiger partial charge in [-0.3, -0.25) is 9.20 Å². The summed E-state index contributed by atoms with van der Waals surface area (Å²) in [5.41, 5.74) is 1.98. The van der Waals surface area contributed by atoms with Crippen molar-refractivity contribution in [2.75, 3.05) is 19.7 Å². The number of likely N-dealkylation sites (tertiary alicyclic amines) is 1. The summed E-state index contributed by atoms with van der Waals surface area (Å²) in [4.78, 5) is 15.1. The van der Waals surface area contributed by atoms with Gasteiger partial charge in [0.1, 0.15) is 18.2 Å². The Labute approximate surface area is 157 Å². The quantitative estimate of drug-likeness (QED) is 0.703. The molecule has 138 valence electrons. The van der Waals surface area contributed by atoms with E-state index in [-0.39, 0.29) is 17.7 Å². The molecule has 1 aromatic carbocycles. The van der Waals surface area contributed by atoms with E-state index < -0.39 is 0 Å². The fourth-order valence-electron chi connectivity index (χ4n) is 4.27. The number of rotatable bonds is 2. The molecule has 1 amide bonds. The number of hydrogen-bond acceptors (Lipinski definition) is 4. The lowest BCUT2D eigenvalue weighted by Gasteiger charge is -2.35. The van der Waals surface area contributed by atoms with E-state index in [1.54, 1.807) is 0 Å². The van der Waals surface area contributed by atoms with Crippen LogP contribution in [0.15, 0.2) is 48.7 Å². The predicted octanol–water partition coefficient (Wildman–Crippen LogP) is 2.69. The fraction of sp³-hybridized carbons (Fsp3) is 0.381. The van der Waals surface area contributed by atoms with E-state index in [1.165, 1.54) is 0 Å². The zero-order valence-corrected chi connectivity index (χ0v) is 15.1. The first-order valence-corrected chi connectivity index (χ1v) is 9.59. The van der Waals surface area contributed by atoms with Gasteiger partial charge in [-0.2, -0.15) is 0 Å². The lowest BCUT2D eigenvalue weighted by molar-refractivity contribution is -0.138. The van der Waals surface area contributed by atoms with Gasteiger partial charge in [-0.25, -0.2) is 0 Å². The van der Waals surface area contributed by atoms with Crippen molar-refractivity contribution in [1.29, 1.82) is 0 Å². The fourth-order valence-corrected chi connectivity index (χ4v) is 4.27. The minimum atomic E-state index is -0.103. The number of fused-ring (bicyclic) bond motifs is 2. The minimum Gasteiger partial charge on any atom is -0.492 e. The van der Waals surface area contributed by atoms with Gasteiger partial charge in [-0.1, -0.05) is 24.3 Å². The molecule has 27 heavy (non-hydrogen) atoms. The van der Waals surface area contributed by atoms with Gasteiger partial charge >= 0.3 is 0 Å². The van der Waals surface area contributed by atoms with Crippen LogP contribution in [0.3, 0.4) is 0 Å². The van der Waals surface area contributed by atoms with Crippen molar-refractivity contribution in [1.82, 2.24) is 19.5 Å². The van der Waals surface area contributed by atoms with E-state index in [1.807, 2.05) is 51.9 Å². The normalized spacial score (nSPS) is 22.3. The molecule has 2 aromatic heterocycles. The number of amides is 1.